The predicted octanol–water partition coefficient (Wildman–Crippen LogP) is 5.33. The van der Waals surface area contributed by atoms with Crippen molar-refractivity contribution in [2.24, 2.45) is 0 Å². The maximum absolute atomic E-state index is 12.9. The molecule has 4 heteroatoms. The number of amides is 1. The number of benzene rings is 3. The summed E-state index contributed by atoms with van der Waals surface area (Å²) in [5, 5.41) is 2.23. The molecule has 0 aliphatic carbocycles. The molecule has 0 saturated carbocycles. The summed E-state index contributed by atoms with van der Waals surface area (Å²) in [6, 6.07) is 20.5. The van der Waals surface area contributed by atoms with E-state index < -0.39 is 0 Å². The van der Waals surface area contributed by atoms with Gasteiger partial charge in [-0.1, -0.05) is 36.4 Å². The second-order valence-electron chi connectivity index (χ2n) is 6.74. The predicted molar refractivity (Wildman–Crippen MR) is 114 cm³/mol. The number of thioether (sulfide) groups is 1. The number of likely N-dealkylation sites (N-methyl/N-ethyl adjacent to an activating group) is 1. The Hall–Kier alpha value is -2.46. The zero-order valence-electron chi connectivity index (χ0n) is 16.2. The van der Waals surface area contributed by atoms with E-state index in [9.17, 15) is 4.79 Å². The number of ether oxygens (including phenoxy) is 1. The van der Waals surface area contributed by atoms with Crippen LogP contribution in [0, 0.1) is 0 Å². The van der Waals surface area contributed by atoms with Gasteiger partial charge in [-0.2, -0.15) is 0 Å². The molecule has 0 spiro atoms. The third-order valence-electron chi connectivity index (χ3n) is 4.90. The highest BCUT2D eigenvalue weighted by molar-refractivity contribution is 7.98. The lowest BCUT2D eigenvalue weighted by molar-refractivity contribution is -0.131. The van der Waals surface area contributed by atoms with E-state index in [0.717, 1.165) is 27.6 Å². The quantitative estimate of drug-likeness (QED) is 0.542. The molecule has 0 aromatic heterocycles. The summed E-state index contributed by atoms with van der Waals surface area (Å²) in [5.74, 6) is 0.773. The number of fused-ring (bicyclic) bond motifs is 1. The molecular formula is C23H25NO2S. The molecule has 0 bridgehead atoms. The van der Waals surface area contributed by atoms with Gasteiger partial charge in [0, 0.05) is 18.5 Å². The highest BCUT2D eigenvalue weighted by Gasteiger charge is 2.19. The molecule has 0 heterocycles. The highest BCUT2D eigenvalue weighted by Crippen LogP contribution is 2.26. The minimum Gasteiger partial charge on any atom is -0.497 e. The van der Waals surface area contributed by atoms with Crippen molar-refractivity contribution in [1.29, 1.82) is 0 Å². The number of hydrogen-bond acceptors (Lipinski definition) is 3. The monoisotopic (exact) mass is 379 g/mol. The Kier molecular flexibility index (Phi) is 6.07. The molecule has 3 rings (SSSR count). The van der Waals surface area contributed by atoms with Crippen LogP contribution >= 0.6 is 11.8 Å². The first-order valence-electron chi connectivity index (χ1n) is 8.97. The van der Waals surface area contributed by atoms with Gasteiger partial charge in [0.2, 0.25) is 5.91 Å². The molecule has 0 radical (unpaired) electrons. The first-order chi connectivity index (χ1) is 13.0. The van der Waals surface area contributed by atoms with Crippen molar-refractivity contribution in [2.75, 3.05) is 20.4 Å². The maximum Gasteiger partial charge on any atom is 0.229 e. The molecular weight excluding hydrogens is 354 g/mol. The Bertz CT molecular complexity index is 937. The average molecular weight is 380 g/mol. The zero-order chi connectivity index (χ0) is 19.4. The molecule has 0 fully saturated rings. The second kappa shape index (κ2) is 8.49. The average Bonchev–Trinajstić information content (AvgIpc) is 2.72. The van der Waals surface area contributed by atoms with Gasteiger partial charge in [0.25, 0.3) is 0 Å². The molecule has 0 N–H and O–H groups in total. The highest BCUT2D eigenvalue weighted by atomic mass is 32.2. The lowest BCUT2D eigenvalue weighted by atomic mass is 9.96. The summed E-state index contributed by atoms with van der Waals surface area (Å²) in [7, 11) is 3.54. The van der Waals surface area contributed by atoms with Crippen LogP contribution in [-0.2, 0) is 11.3 Å². The summed E-state index contributed by atoms with van der Waals surface area (Å²) in [6.45, 7) is 2.59. The van der Waals surface area contributed by atoms with E-state index in [2.05, 4.69) is 42.7 Å². The van der Waals surface area contributed by atoms with E-state index in [1.807, 2.05) is 38.2 Å². The third-order valence-corrected chi connectivity index (χ3v) is 5.64. The first-order valence-corrected chi connectivity index (χ1v) is 10.2. The number of nitrogens with zero attached hydrogens (tertiary/aromatic N) is 1. The standard InChI is InChI=1S/C23H25NO2S/c1-16(18-7-8-20-14-21(26-3)10-9-19(20)13-18)23(25)24(2)15-17-5-11-22(27-4)12-6-17/h5-14,16H,15H2,1-4H3/t16-/m0/s1. The summed E-state index contributed by atoms with van der Waals surface area (Å²) >= 11 is 1.72. The fourth-order valence-electron chi connectivity index (χ4n) is 3.19. The van der Waals surface area contributed by atoms with Crippen molar-refractivity contribution in [1.82, 2.24) is 4.90 Å². The van der Waals surface area contributed by atoms with Crippen molar-refractivity contribution in [3.63, 3.8) is 0 Å². The molecule has 3 nitrogen and oxygen atoms in total. The molecule has 140 valence electrons. The minimum absolute atomic E-state index is 0.122. The number of methoxy groups -OCH3 is 1. The fraction of sp³-hybridized carbons (Fsp3) is 0.261. The zero-order valence-corrected chi connectivity index (χ0v) is 17.0. The molecule has 1 atom stereocenters. The van der Waals surface area contributed by atoms with Crippen LogP contribution in [0.5, 0.6) is 5.75 Å². The van der Waals surface area contributed by atoms with E-state index in [-0.39, 0.29) is 11.8 Å². The molecule has 0 aliphatic rings. The third kappa shape index (κ3) is 4.45. The van der Waals surface area contributed by atoms with Crippen molar-refractivity contribution < 1.29 is 9.53 Å². The molecule has 3 aromatic carbocycles. The van der Waals surface area contributed by atoms with Crippen molar-refractivity contribution in [3.05, 3.63) is 71.8 Å². The smallest absolute Gasteiger partial charge is 0.229 e. The van der Waals surface area contributed by atoms with Crippen molar-refractivity contribution >= 4 is 28.4 Å². The lowest BCUT2D eigenvalue weighted by Gasteiger charge is -2.22. The molecule has 0 saturated heterocycles. The number of hydrogen-bond donors (Lipinski definition) is 0. The molecule has 0 unspecified atom stereocenters. The van der Waals surface area contributed by atoms with Crippen LogP contribution in [0.15, 0.2) is 65.6 Å². The van der Waals surface area contributed by atoms with Crippen LogP contribution in [0.25, 0.3) is 10.8 Å². The SMILES string of the molecule is COc1ccc2cc([C@H](C)C(=O)N(C)Cc3ccc(SC)cc3)ccc2c1. The van der Waals surface area contributed by atoms with Crippen LogP contribution in [-0.4, -0.2) is 31.2 Å². The number of carbonyl (C=O) groups excluding carboxylic acids is 1. The first kappa shape index (κ1) is 19.3. The van der Waals surface area contributed by atoms with Gasteiger partial charge >= 0.3 is 0 Å². The van der Waals surface area contributed by atoms with Crippen molar-refractivity contribution in [2.45, 2.75) is 24.3 Å². The topological polar surface area (TPSA) is 29.5 Å². The largest absolute Gasteiger partial charge is 0.497 e. The van der Waals surface area contributed by atoms with Gasteiger partial charge in [-0.3, -0.25) is 4.79 Å². The van der Waals surface area contributed by atoms with Gasteiger partial charge in [-0.05, 0) is 59.3 Å². The van der Waals surface area contributed by atoms with Gasteiger partial charge in [0.1, 0.15) is 5.75 Å². The van der Waals surface area contributed by atoms with E-state index in [1.165, 1.54) is 4.90 Å². The fourth-order valence-corrected chi connectivity index (χ4v) is 3.60. The Balaban J connectivity index is 1.74. The molecule has 3 aromatic rings. The molecule has 0 aliphatic heterocycles. The Morgan fingerprint density at radius 1 is 1.04 bits per heavy atom. The van der Waals surface area contributed by atoms with Gasteiger partial charge in [0.05, 0.1) is 13.0 Å². The minimum atomic E-state index is -0.188. The molecule has 1 amide bonds. The van der Waals surface area contributed by atoms with E-state index in [4.69, 9.17) is 4.74 Å². The van der Waals surface area contributed by atoms with Crippen LogP contribution < -0.4 is 4.74 Å². The summed E-state index contributed by atoms with van der Waals surface area (Å²) < 4.78 is 5.28. The Morgan fingerprint density at radius 2 is 1.70 bits per heavy atom. The lowest BCUT2D eigenvalue weighted by Crippen LogP contribution is -2.30. The van der Waals surface area contributed by atoms with Crippen LogP contribution in [0.1, 0.15) is 24.0 Å². The van der Waals surface area contributed by atoms with E-state index >= 15 is 0 Å². The van der Waals surface area contributed by atoms with Gasteiger partial charge in [-0.25, -0.2) is 0 Å². The second-order valence-corrected chi connectivity index (χ2v) is 7.62. The van der Waals surface area contributed by atoms with E-state index in [1.54, 1.807) is 23.8 Å². The van der Waals surface area contributed by atoms with Crippen LogP contribution in [0.4, 0.5) is 0 Å². The summed E-state index contributed by atoms with van der Waals surface area (Å²) in [6.07, 6.45) is 2.06. The number of carbonyl (C=O) groups is 1. The van der Waals surface area contributed by atoms with Gasteiger partial charge in [0.15, 0.2) is 0 Å². The van der Waals surface area contributed by atoms with Crippen LogP contribution in [0.2, 0.25) is 0 Å². The van der Waals surface area contributed by atoms with Gasteiger partial charge < -0.3 is 9.64 Å². The maximum atomic E-state index is 12.9. The number of rotatable bonds is 6. The van der Waals surface area contributed by atoms with Gasteiger partial charge in [-0.15, -0.1) is 11.8 Å². The summed E-state index contributed by atoms with van der Waals surface area (Å²) in [4.78, 5) is 15.9. The van der Waals surface area contributed by atoms with E-state index in [0.29, 0.717) is 6.54 Å². The summed E-state index contributed by atoms with van der Waals surface area (Å²) in [5.41, 5.74) is 2.17. The normalized spacial score (nSPS) is 12.0. The Morgan fingerprint density at radius 3 is 2.37 bits per heavy atom. The Labute approximate surface area is 165 Å². The molecule has 27 heavy (non-hydrogen) atoms. The van der Waals surface area contributed by atoms with Crippen LogP contribution in [0.3, 0.4) is 0 Å². The van der Waals surface area contributed by atoms with Crippen molar-refractivity contribution in [3.8, 4) is 5.75 Å².